The van der Waals surface area contributed by atoms with Crippen LogP contribution >= 0.6 is 12.4 Å². The number of hydrazine groups is 1. The van der Waals surface area contributed by atoms with Crippen molar-refractivity contribution in [2.45, 2.75) is 0 Å². The fraction of sp³-hybridized carbons (Fsp3) is 0. The lowest BCUT2D eigenvalue weighted by Crippen LogP contribution is -2.27. The zero-order valence-electron chi connectivity index (χ0n) is 2.84. The van der Waals surface area contributed by atoms with E-state index in [1.165, 1.54) is 5.43 Å². The van der Waals surface area contributed by atoms with Gasteiger partial charge in [0.1, 0.15) is 0 Å². The molecule has 0 rings (SSSR count). The van der Waals surface area contributed by atoms with Gasteiger partial charge in [-0.1, -0.05) is 0 Å². The second kappa shape index (κ2) is 4.52. The number of hydrogen-bond acceptors (Lipinski definition) is 2. The maximum atomic E-state index is 9.13. The van der Waals surface area contributed by atoms with Crippen LogP contribution in [-0.2, 0) is 0 Å². The molecule has 0 aromatic heterocycles. The van der Waals surface area contributed by atoms with E-state index in [1.807, 2.05) is 0 Å². The minimum atomic E-state index is -1.22. The number of rotatable bonds is 0. The highest BCUT2D eigenvalue weighted by Gasteiger charge is 1.77. The van der Waals surface area contributed by atoms with Gasteiger partial charge in [-0.3, -0.25) is 5.43 Å². The summed E-state index contributed by atoms with van der Waals surface area (Å²) in [6.45, 7) is 0. The standard InChI is InChI=1S/CH4N2O2.ClH/c2-3-1(4)5;/h3H,2H2,(H,4,5);1H. The summed E-state index contributed by atoms with van der Waals surface area (Å²) in [5.74, 6) is 4.32. The Labute approximate surface area is 40.7 Å². The molecule has 0 aliphatic carbocycles. The first-order chi connectivity index (χ1) is 2.27. The van der Waals surface area contributed by atoms with E-state index in [-0.39, 0.29) is 12.4 Å². The molecule has 0 atom stereocenters. The van der Waals surface area contributed by atoms with Gasteiger partial charge >= 0.3 is 6.09 Å². The number of carboxylic acid groups (broad SMARTS) is 1. The number of carbonyl (C=O) groups is 1. The third kappa shape index (κ3) is 9.68. The highest BCUT2D eigenvalue weighted by Crippen LogP contribution is 1.42. The molecule has 0 aliphatic heterocycles. The second-order valence-corrected chi connectivity index (χ2v) is 0.449. The molecule has 0 bridgehead atoms. The Hall–Kier alpha value is -0.480. The first-order valence-electron chi connectivity index (χ1n) is 0.966. The molecule has 0 spiro atoms. The van der Waals surface area contributed by atoms with Gasteiger partial charge in [0.05, 0.1) is 0 Å². The van der Waals surface area contributed by atoms with E-state index in [0.29, 0.717) is 0 Å². The maximum Gasteiger partial charge on any atom is 0.418 e. The SMILES string of the molecule is Cl.NNC(=O)O. The molecule has 0 aromatic rings. The Balaban J connectivity index is 0. The van der Waals surface area contributed by atoms with E-state index in [9.17, 15) is 0 Å². The minimum Gasteiger partial charge on any atom is -0.464 e. The summed E-state index contributed by atoms with van der Waals surface area (Å²) in [4.78, 5) is 9.13. The summed E-state index contributed by atoms with van der Waals surface area (Å²) in [5.41, 5.74) is 1.44. The number of nitrogens with one attached hydrogen (secondary N) is 1. The first-order valence-corrected chi connectivity index (χ1v) is 0.966. The predicted octanol–water partition coefficient (Wildman–Crippen LogP) is -0.450. The molecule has 0 aliphatic rings. The summed E-state index contributed by atoms with van der Waals surface area (Å²) >= 11 is 0. The van der Waals surface area contributed by atoms with Gasteiger partial charge in [0.25, 0.3) is 0 Å². The molecule has 1 amide bonds. The van der Waals surface area contributed by atoms with Gasteiger partial charge in [-0.25, -0.2) is 10.6 Å². The number of hydrogen-bond donors (Lipinski definition) is 3. The largest absolute Gasteiger partial charge is 0.464 e. The quantitative estimate of drug-likeness (QED) is 0.226. The molecule has 4 nitrogen and oxygen atoms in total. The van der Waals surface area contributed by atoms with Crippen molar-refractivity contribution in [1.82, 2.24) is 5.43 Å². The van der Waals surface area contributed by atoms with Gasteiger partial charge in [-0.15, -0.1) is 12.4 Å². The monoisotopic (exact) mass is 112 g/mol. The van der Waals surface area contributed by atoms with Crippen LogP contribution in [0.5, 0.6) is 0 Å². The molecule has 0 saturated carbocycles. The minimum absolute atomic E-state index is 0. The molecule has 0 heterocycles. The van der Waals surface area contributed by atoms with Crippen LogP contribution in [0.3, 0.4) is 0 Å². The van der Waals surface area contributed by atoms with E-state index in [1.54, 1.807) is 0 Å². The molecular formula is CH5ClN2O2. The average Bonchev–Trinajstić information content (AvgIpc) is 1.38. The van der Waals surface area contributed by atoms with Crippen LogP contribution in [0.4, 0.5) is 4.79 Å². The Kier molecular flexibility index (Phi) is 6.86. The van der Waals surface area contributed by atoms with E-state index in [0.717, 1.165) is 0 Å². The van der Waals surface area contributed by atoms with Crippen molar-refractivity contribution in [2.24, 2.45) is 5.84 Å². The molecule has 5 heteroatoms. The van der Waals surface area contributed by atoms with Crippen molar-refractivity contribution in [1.29, 1.82) is 0 Å². The molecular weight excluding hydrogens is 107 g/mol. The van der Waals surface area contributed by atoms with Gasteiger partial charge in [0, 0.05) is 0 Å². The number of halogens is 1. The third-order valence-corrected chi connectivity index (χ3v) is 0.123. The second-order valence-electron chi connectivity index (χ2n) is 0.449. The summed E-state index contributed by atoms with van der Waals surface area (Å²) in [6, 6.07) is 0. The highest BCUT2D eigenvalue weighted by molar-refractivity contribution is 5.85. The molecule has 0 unspecified atom stereocenters. The van der Waals surface area contributed by atoms with Crippen molar-refractivity contribution in [3.8, 4) is 0 Å². The smallest absolute Gasteiger partial charge is 0.418 e. The highest BCUT2D eigenvalue weighted by atomic mass is 35.5. The van der Waals surface area contributed by atoms with Crippen LogP contribution in [0, 0.1) is 0 Å². The van der Waals surface area contributed by atoms with Crippen LogP contribution in [0.15, 0.2) is 0 Å². The van der Waals surface area contributed by atoms with Crippen molar-refractivity contribution in [2.75, 3.05) is 0 Å². The Morgan fingerprint density at radius 1 is 1.83 bits per heavy atom. The van der Waals surface area contributed by atoms with Crippen LogP contribution in [0.25, 0.3) is 0 Å². The average molecular weight is 113 g/mol. The van der Waals surface area contributed by atoms with Crippen LogP contribution in [-0.4, -0.2) is 11.2 Å². The predicted molar refractivity (Wildman–Crippen MR) is 22.6 cm³/mol. The summed E-state index contributed by atoms with van der Waals surface area (Å²) in [5, 5.41) is 7.49. The Morgan fingerprint density at radius 3 is 2.00 bits per heavy atom. The molecule has 0 saturated heterocycles. The summed E-state index contributed by atoms with van der Waals surface area (Å²) in [6.07, 6.45) is -1.22. The third-order valence-electron chi connectivity index (χ3n) is 0.123. The summed E-state index contributed by atoms with van der Waals surface area (Å²) < 4.78 is 0. The van der Waals surface area contributed by atoms with Gasteiger partial charge in [-0.05, 0) is 0 Å². The van der Waals surface area contributed by atoms with Crippen molar-refractivity contribution in [3.05, 3.63) is 0 Å². The molecule has 0 fully saturated rings. The van der Waals surface area contributed by atoms with Gasteiger partial charge < -0.3 is 5.11 Å². The number of amides is 1. The van der Waals surface area contributed by atoms with Crippen molar-refractivity contribution < 1.29 is 9.90 Å². The lowest BCUT2D eigenvalue weighted by Gasteiger charge is -1.79. The van der Waals surface area contributed by atoms with Crippen molar-refractivity contribution >= 4 is 18.5 Å². The zero-order chi connectivity index (χ0) is 4.28. The van der Waals surface area contributed by atoms with E-state index >= 15 is 0 Å². The van der Waals surface area contributed by atoms with Gasteiger partial charge in [-0.2, -0.15) is 0 Å². The van der Waals surface area contributed by atoms with E-state index in [2.05, 4.69) is 5.84 Å². The fourth-order valence-corrected chi connectivity index (χ4v) is 0. The molecule has 0 radical (unpaired) electrons. The maximum absolute atomic E-state index is 9.13. The van der Waals surface area contributed by atoms with E-state index < -0.39 is 6.09 Å². The van der Waals surface area contributed by atoms with Crippen LogP contribution < -0.4 is 11.3 Å². The van der Waals surface area contributed by atoms with Crippen molar-refractivity contribution in [3.63, 3.8) is 0 Å². The molecule has 38 valence electrons. The summed E-state index contributed by atoms with van der Waals surface area (Å²) in [7, 11) is 0. The fourth-order valence-electron chi connectivity index (χ4n) is 0. The molecule has 0 aromatic carbocycles. The topological polar surface area (TPSA) is 75.3 Å². The molecule has 6 heavy (non-hydrogen) atoms. The zero-order valence-corrected chi connectivity index (χ0v) is 3.66. The van der Waals surface area contributed by atoms with Crippen LogP contribution in [0.2, 0.25) is 0 Å². The lowest BCUT2D eigenvalue weighted by atomic mass is 11.3. The van der Waals surface area contributed by atoms with E-state index in [4.69, 9.17) is 9.90 Å². The number of nitrogens with two attached hydrogens (primary N) is 1. The normalized spacial score (nSPS) is 5.50. The first kappa shape index (κ1) is 9.10. The lowest BCUT2D eigenvalue weighted by molar-refractivity contribution is 0.194. The van der Waals surface area contributed by atoms with Gasteiger partial charge in [0.15, 0.2) is 0 Å². The van der Waals surface area contributed by atoms with Gasteiger partial charge in [0.2, 0.25) is 0 Å². The van der Waals surface area contributed by atoms with Crippen LogP contribution in [0.1, 0.15) is 0 Å². The Morgan fingerprint density at radius 2 is 2.00 bits per heavy atom. The Bertz CT molecular complexity index is 46.8. The molecule has 4 N–H and O–H groups in total.